The molecule has 1 amide bonds. The van der Waals surface area contributed by atoms with Gasteiger partial charge < -0.3 is 10.2 Å². The molecule has 0 aromatic carbocycles. The quantitative estimate of drug-likeness (QED) is 0.875. The van der Waals surface area contributed by atoms with Crippen LogP contribution in [0.3, 0.4) is 0 Å². The van der Waals surface area contributed by atoms with Crippen LogP contribution in [0, 0.1) is 5.92 Å². The molecule has 114 valence electrons. The lowest BCUT2D eigenvalue weighted by molar-refractivity contribution is -0.132. The van der Waals surface area contributed by atoms with E-state index in [1.807, 2.05) is 7.05 Å². The Morgan fingerprint density at radius 2 is 2.20 bits per heavy atom. The number of halogens is 1. The molecule has 0 aliphatic carbocycles. The monoisotopic (exact) mass is 316 g/mol. The van der Waals surface area contributed by atoms with Crippen LogP contribution < -0.4 is 5.32 Å². The van der Waals surface area contributed by atoms with Crippen molar-refractivity contribution in [3.63, 3.8) is 0 Å². The number of nitrogens with zero attached hydrogens (tertiary/aromatic N) is 1. The summed E-state index contributed by atoms with van der Waals surface area (Å²) in [6.45, 7) is 3.00. The van der Waals surface area contributed by atoms with Gasteiger partial charge in [0.05, 0.1) is 0 Å². The second kappa shape index (κ2) is 9.37. The second-order valence-electron chi connectivity index (χ2n) is 5.35. The van der Waals surface area contributed by atoms with Gasteiger partial charge in [-0.25, -0.2) is 0 Å². The van der Waals surface area contributed by atoms with Gasteiger partial charge >= 0.3 is 0 Å². The molecule has 1 aromatic rings. The van der Waals surface area contributed by atoms with Crippen LogP contribution in [0.4, 0.5) is 0 Å². The van der Waals surface area contributed by atoms with Gasteiger partial charge in [0, 0.05) is 19.5 Å². The molecule has 1 saturated heterocycles. The third-order valence-electron chi connectivity index (χ3n) is 3.98. The number of aryl methyl sites for hydroxylation is 1. The molecule has 0 radical (unpaired) electrons. The standard InChI is InChI=1S/C15H24N2OS.ClH/c1-16-8-4-13-5-9-17(10-6-13)15(18)3-2-14-7-11-19-12-14;/h7,11-13,16H,2-6,8-10H2,1H3;1H. The van der Waals surface area contributed by atoms with Crippen molar-refractivity contribution in [3.05, 3.63) is 22.4 Å². The number of hydrogen-bond donors (Lipinski definition) is 1. The first kappa shape index (κ1) is 17.5. The van der Waals surface area contributed by atoms with Crippen molar-refractivity contribution >= 4 is 29.7 Å². The van der Waals surface area contributed by atoms with Crippen molar-refractivity contribution in [1.82, 2.24) is 10.2 Å². The Morgan fingerprint density at radius 3 is 2.80 bits per heavy atom. The summed E-state index contributed by atoms with van der Waals surface area (Å²) in [6.07, 6.45) is 5.14. The van der Waals surface area contributed by atoms with Gasteiger partial charge in [0.15, 0.2) is 0 Å². The third-order valence-corrected chi connectivity index (χ3v) is 4.71. The van der Waals surface area contributed by atoms with Crippen molar-refractivity contribution in [2.75, 3.05) is 26.7 Å². The zero-order valence-corrected chi connectivity index (χ0v) is 13.8. The highest BCUT2D eigenvalue weighted by atomic mass is 35.5. The zero-order valence-electron chi connectivity index (χ0n) is 12.1. The van der Waals surface area contributed by atoms with Gasteiger partial charge in [-0.3, -0.25) is 4.79 Å². The molecule has 3 nitrogen and oxygen atoms in total. The predicted molar refractivity (Wildman–Crippen MR) is 87.7 cm³/mol. The van der Waals surface area contributed by atoms with E-state index in [2.05, 4.69) is 27.0 Å². The number of piperidine rings is 1. The van der Waals surface area contributed by atoms with E-state index < -0.39 is 0 Å². The summed E-state index contributed by atoms with van der Waals surface area (Å²) in [5.41, 5.74) is 1.29. The Bertz CT molecular complexity index is 375. The highest BCUT2D eigenvalue weighted by molar-refractivity contribution is 7.07. The van der Waals surface area contributed by atoms with E-state index in [4.69, 9.17) is 0 Å². The average Bonchev–Trinajstić information content (AvgIpc) is 2.96. The van der Waals surface area contributed by atoms with Crippen molar-refractivity contribution in [2.45, 2.75) is 32.1 Å². The van der Waals surface area contributed by atoms with E-state index in [-0.39, 0.29) is 12.4 Å². The summed E-state index contributed by atoms with van der Waals surface area (Å²) in [4.78, 5) is 14.2. The van der Waals surface area contributed by atoms with E-state index in [1.165, 1.54) is 24.8 Å². The van der Waals surface area contributed by atoms with Gasteiger partial charge in [-0.15, -0.1) is 12.4 Å². The summed E-state index contributed by atoms with van der Waals surface area (Å²) >= 11 is 1.70. The lowest BCUT2D eigenvalue weighted by atomic mass is 9.93. The Labute approximate surface area is 132 Å². The number of thiophene rings is 1. The number of nitrogens with one attached hydrogen (secondary N) is 1. The molecule has 1 aromatic heterocycles. The van der Waals surface area contributed by atoms with Crippen molar-refractivity contribution in [3.8, 4) is 0 Å². The fraction of sp³-hybridized carbons (Fsp3) is 0.667. The Balaban J connectivity index is 0.00000200. The molecule has 1 aliphatic heterocycles. The number of carbonyl (C=O) groups excluding carboxylic acids is 1. The molecule has 20 heavy (non-hydrogen) atoms. The summed E-state index contributed by atoms with van der Waals surface area (Å²) in [6, 6.07) is 2.11. The first-order chi connectivity index (χ1) is 9.29. The van der Waals surface area contributed by atoms with Crippen molar-refractivity contribution in [2.24, 2.45) is 5.92 Å². The Kier molecular flexibility index (Phi) is 8.19. The van der Waals surface area contributed by atoms with E-state index in [9.17, 15) is 4.79 Å². The molecule has 1 aliphatic rings. The number of amides is 1. The largest absolute Gasteiger partial charge is 0.343 e. The Morgan fingerprint density at radius 1 is 1.45 bits per heavy atom. The summed E-state index contributed by atoms with van der Waals surface area (Å²) in [7, 11) is 2.00. The summed E-state index contributed by atoms with van der Waals surface area (Å²) < 4.78 is 0. The maximum atomic E-state index is 12.1. The van der Waals surface area contributed by atoms with Gasteiger partial charge in [-0.05, 0) is 67.6 Å². The minimum absolute atomic E-state index is 0. The molecule has 2 rings (SSSR count). The van der Waals surface area contributed by atoms with Gasteiger partial charge in [0.2, 0.25) is 5.91 Å². The van der Waals surface area contributed by atoms with Gasteiger partial charge in [0.1, 0.15) is 0 Å². The number of rotatable bonds is 6. The SMILES string of the molecule is CNCCC1CCN(C(=O)CCc2ccsc2)CC1.Cl. The lowest BCUT2D eigenvalue weighted by Crippen LogP contribution is -2.39. The number of hydrogen-bond acceptors (Lipinski definition) is 3. The first-order valence-electron chi connectivity index (χ1n) is 7.23. The molecular formula is C15H25ClN2OS. The maximum Gasteiger partial charge on any atom is 0.222 e. The van der Waals surface area contributed by atoms with Crippen LogP contribution in [0.2, 0.25) is 0 Å². The topological polar surface area (TPSA) is 32.3 Å². The number of carbonyl (C=O) groups is 1. The molecule has 0 spiro atoms. The minimum Gasteiger partial charge on any atom is -0.343 e. The molecule has 0 atom stereocenters. The minimum atomic E-state index is 0. The third kappa shape index (κ3) is 5.43. The van der Waals surface area contributed by atoms with Gasteiger partial charge in [-0.2, -0.15) is 11.3 Å². The van der Waals surface area contributed by atoms with E-state index >= 15 is 0 Å². The van der Waals surface area contributed by atoms with Crippen LogP contribution >= 0.6 is 23.7 Å². The fourth-order valence-electron chi connectivity index (χ4n) is 2.66. The zero-order chi connectivity index (χ0) is 13.5. The van der Waals surface area contributed by atoms with Crippen LogP contribution in [0.1, 0.15) is 31.2 Å². The summed E-state index contributed by atoms with van der Waals surface area (Å²) in [5.74, 6) is 1.13. The van der Waals surface area contributed by atoms with Crippen LogP contribution in [0.15, 0.2) is 16.8 Å². The molecule has 0 unspecified atom stereocenters. The molecule has 2 heterocycles. The molecule has 1 N–H and O–H groups in total. The van der Waals surface area contributed by atoms with Crippen molar-refractivity contribution in [1.29, 1.82) is 0 Å². The highest BCUT2D eigenvalue weighted by Crippen LogP contribution is 2.21. The van der Waals surface area contributed by atoms with Crippen molar-refractivity contribution < 1.29 is 4.79 Å². The Hall–Kier alpha value is -0.580. The molecule has 0 saturated carbocycles. The average molecular weight is 317 g/mol. The number of likely N-dealkylation sites (tertiary alicyclic amines) is 1. The molecule has 5 heteroatoms. The molecule has 0 bridgehead atoms. The molecular weight excluding hydrogens is 292 g/mol. The second-order valence-corrected chi connectivity index (χ2v) is 6.13. The van der Waals surface area contributed by atoms with Gasteiger partial charge in [-0.1, -0.05) is 0 Å². The maximum absolute atomic E-state index is 12.1. The molecule has 1 fully saturated rings. The van der Waals surface area contributed by atoms with Gasteiger partial charge in [0.25, 0.3) is 0 Å². The van der Waals surface area contributed by atoms with E-state index in [0.29, 0.717) is 12.3 Å². The normalized spacial score (nSPS) is 15.9. The summed E-state index contributed by atoms with van der Waals surface area (Å²) in [5, 5.41) is 7.42. The lowest BCUT2D eigenvalue weighted by Gasteiger charge is -2.32. The predicted octanol–water partition coefficient (Wildman–Crippen LogP) is 2.95. The van der Waals surface area contributed by atoms with E-state index in [1.54, 1.807) is 11.3 Å². The van der Waals surface area contributed by atoms with Crippen LogP contribution in [0.25, 0.3) is 0 Å². The fourth-order valence-corrected chi connectivity index (χ4v) is 3.37. The van der Waals surface area contributed by atoms with Crippen LogP contribution in [-0.2, 0) is 11.2 Å². The van der Waals surface area contributed by atoms with Crippen LogP contribution in [0.5, 0.6) is 0 Å². The smallest absolute Gasteiger partial charge is 0.222 e. The first-order valence-corrected chi connectivity index (χ1v) is 8.17. The van der Waals surface area contributed by atoms with Crippen LogP contribution in [-0.4, -0.2) is 37.5 Å². The highest BCUT2D eigenvalue weighted by Gasteiger charge is 2.21. The van der Waals surface area contributed by atoms with E-state index in [0.717, 1.165) is 32.0 Å².